The monoisotopic (exact) mass is 170 g/mol. The number of rotatable bonds is 2. The second-order valence-electron chi connectivity index (χ2n) is 2.72. The molecule has 1 aromatic heterocycles. The first-order valence-electron chi connectivity index (χ1n) is 3.59. The topological polar surface area (TPSA) is 51.4 Å². The van der Waals surface area contributed by atoms with E-state index in [0.717, 1.165) is 18.7 Å². The molecule has 1 fully saturated rings. The number of anilines is 1. The van der Waals surface area contributed by atoms with Gasteiger partial charge in [-0.2, -0.15) is 0 Å². The first kappa shape index (κ1) is 7.06. The van der Waals surface area contributed by atoms with E-state index in [1.807, 2.05) is 6.92 Å². The summed E-state index contributed by atoms with van der Waals surface area (Å²) in [7, 11) is 0. The van der Waals surface area contributed by atoms with Crippen LogP contribution in [0.15, 0.2) is 0 Å². The predicted molar refractivity (Wildman–Crippen MR) is 44.7 cm³/mol. The van der Waals surface area contributed by atoms with Gasteiger partial charge in [-0.25, -0.2) is 4.98 Å². The molecule has 0 saturated carbocycles. The molecule has 1 unspecified atom stereocenters. The molecule has 2 N–H and O–H groups in total. The maximum absolute atomic E-state index is 5.54. The van der Waals surface area contributed by atoms with Crippen molar-refractivity contribution in [2.45, 2.75) is 19.4 Å². The van der Waals surface area contributed by atoms with Gasteiger partial charge in [-0.05, 0) is 6.92 Å². The molecule has 0 amide bonds. The summed E-state index contributed by atoms with van der Waals surface area (Å²) in [5.74, 6) is 0. The molecule has 1 saturated heterocycles. The molecule has 1 aliphatic rings. The molecule has 11 heavy (non-hydrogen) atoms. The predicted octanol–water partition coefficient (Wildman–Crippen LogP) is 0.975. The largest absolute Gasteiger partial charge is 0.375 e. The first-order valence-corrected chi connectivity index (χ1v) is 4.41. The van der Waals surface area contributed by atoms with Crippen LogP contribution in [0, 0.1) is 6.92 Å². The Morgan fingerprint density at radius 2 is 2.55 bits per heavy atom. The van der Waals surface area contributed by atoms with Crippen LogP contribution in [0.5, 0.6) is 0 Å². The van der Waals surface area contributed by atoms with Gasteiger partial charge in [0.1, 0.15) is 0 Å². The molecule has 0 aromatic carbocycles. The summed E-state index contributed by atoms with van der Waals surface area (Å²) in [6.45, 7) is 2.89. The van der Waals surface area contributed by atoms with Gasteiger partial charge >= 0.3 is 0 Å². The number of aryl methyl sites for hydroxylation is 1. The van der Waals surface area contributed by atoms with Crippen molar-refractivity contribution in [3.8, 4) is 0 Å². The van der Waals surface area contributed by atoms with Crippen molar-refractivity contribution in [1.29, 1.82) is 0 Å². The van der Waals surface area contributed by atoms with E-state index in [2.05, 4.69) is 4.98 Å². The number of nitrogen functional groups attached to an aromatic ring is 1. The second kappa shape index (κ2) is 2.46. The maximum atomic E-state index is 5.54. The van der Waals surface area contributed by atoms with Crippen LogP contribution >= 0.6 is 11.3 Å². The fraction of sp³-hybridized carbons (Fsp3) is 0.571. The van der Waals surface area contributed by atoms with E-state index in [4.69, 9.17) is 10.5 Å². The summed E-state index contributed by atoms with van der Waals surface area (Å²) in [5.41, 5.74) is 6.60. The van der Waals surface area contributed by atoms with E-state index in [0.29, 0.717) is 11.2 Å². The first-order chi connectivity index (χ1) is 5.25. The Morgan fingerprint density at radius 1 is 1.82 bits per heavy atom. The van der Waals surface area contributed by atoms with Crippen molar-refractivity contribution >= 4 is 16.5 Å². The number of ether oxygens (including phenoxy) is 1. The highest BCUT2D eigenvalue weighted by Crippen LogP contribution is 2.25. The van der Waals surface area contributed by atoms with E-state index in [-0.39, 0.29) is 0 Å². The van der Waals surface area contributed by atoms with E-state index in [9.17, 15) is 0 Å². The highest BCUT2D eigenvalue weighted by molar-refractivity contribution is 7.15. The number of hydrogen-bond acceptors (Lipinski definition) is 4. The molecule has 1 atom stereocenters. The average molecular weight is 170 g/mol. The summed E-state index contributed by atoms with van der Waals surface area (Å²) in [6, 6.07) is 0. The van der Waals surface area contributed by atoms with E-state index in [1.165, 1.54) is 4.88 Å². The Hall–Kier alpha value is -0.610. The highest BCUT2D eigenvalue weighted by atomic mass is 32.1. The minimum atomic E-state index is 0.438. The zero-order chi connectivity index (χ0) is 7.84. The molecule has 2 rings (SSSR count). The average Bonchev–Trinajstić information content (AvgIpc) is 2.64. The van der Waals surface area contributed by atoms with Crippen LogP contribution in [0.2, 0.25) is 0 Å². The Labute approximate surface area is 69.2 Å². The minimum absolute atomic E-state index is 0.438. The Morgan fingerprint density at radius 3 is 3.00 bits per heavy atom. The van der Waals surface area contributed by atoms with Gasteiger partial charge in [0.2, 0.25) is 0 Å². The number of hydrogen-bond donors (Lipinski definition) is 1. The fourth-order valence-corrected chi connectivity index (χ4v) is 1.93. The minimum Gasteiger partial charge on any atom is -0.375 e. The molecule has 2 heterocycles. The second-order valence-corrected chi connectivity index (χ2v) is 3.84. The summed E-state index contributed by atoms with van der Waals surface area (Å²) in [6.07, 6.45) is 1.43. The Kier molecular flexibility index (Phi) is 1.58. The SMILES string of the molecule is Cc1nc(N)sc1CC1CO1. The third kappa shape index (κ3) is 1.52. The zero-order valence-corrected chi connectivity index (χ0v) is 7.15. The van der Waals surface area contributed by atoms with Gasteiger partial charge in [0.25, 0.3) is 0 Å². The van der Waals surface area contributed by atoms with Crippen LogP contribution in [-0.2, 0) is 11.2 Å². The molecule has 4 heteroatoms. The van der Waals surface area contributed by atoms with Gasteiger partial charge in [0, 0.05) is 11.3 Å². The summed E-state index contributed by atoms with van der Waals surface area (Å²) in [4.78, 5) is 5.40. The normalized spacial score (nSPS) is 22.1. The Bertz CT molecular complexity index is 267. The van der Waals surface area contributed by atoms with Crippen LogP contribution in [0.25, 0.3) is 0 Å². The zero-order valence-electron chi connectivity index (χ0n) is 6.33. The lowest BCUT2D eigenvalue weighted by Gasteiger charge is -1.90. The molecular weight excluding hydrogens is 160 g/mol. The fourth-order valence-electron chi connectivity index (χ4n) is 1.03. The lowest BCUT2D eigenvalue weighted by molar-refractivity contribution is 0.408. The molecule has 0 aliphatic carbocycles. The number of nitrogens with zero attached hydrogens (tertiary/aromatic N) is 1. The van der Waals surface area contributed by atoms with Crippen LogP contribution in [0.3, 0.4) is 0 Å². The molecule has 0 spiro atoms. The molecule has 60 valence electrons. The van der Waals surface area contributed by atoms with Crippen LogP contribution < -0.4 is 5.73 Å². The molecule has 0 radical (unpaired) electrons. The number of nitrogens with two attached hydrogens (primary N) is 1. The Balaban J connectivity index is 2.14. The number of aromatic nitrogens is 1. The summed E-state index contributed by atoms with van der Waals surface area (Å²) in [5, 5.41) is 0.665. The van der Waals surface area contributed by atoms with Crippen LogP contribution in [-0.4, -0.2) is 17.7 Å². The smallest absolute Gasteiger partial charge is 0.180 e. The number of epoxide rings is 1. The van der Waals surface area contributed by atoms with Crippen LogP contribution in [0.1, 0.15) is 10.6 Å². The van der Waals surface area contributed by atoms with Crippen molar-refractivity contribution in [2.75, 3.05) is 12.3 Å². The van der Waals surface area contributed by atoms with Gasteiger partial charge < -0.3 is 10.5 Å². The van der Waals surface area contributed by atoms with Crippen molar-refractivity contribution in [1.82, 2.24) is 4.98 Å². The van der Waals surface area contributed by atoms with Crippen molar-refractivity contribution < 1.29 is 4.74 Å². The maximum Gasteiger partial charge on any atom is 0.180 e. The molecular formula is C7H10N2OS. The molecule has 1 aliphatic heterocycles. The lowest BCUT2D eigenvalue weighted by atomic mass is 10.2. The van der Waals surface area contributed by atoms with Crippen molar-refractivity contribution in [3.63, 3.8) is 0 Å². The highest BCUT2D eigenvalue weighted by Gasteiger charge is 2.24. The number of thiazole rings is 1. The van der Waals surface area contributed by atoms with Crippen LogP contribution in [0.4, 0.5) is 5.13 Å². The standard InChI is InChI=1S/C7H10N2OS/c1-4-6(2-5-3-10-5)11-7(8)9-4/h5H,2-3H2,1H3,(H2,8,9). The molecule has 0 bridgehead atoms. The quantitative estimate of drug-likeness (QED) is 0.673. The van der Waals surface area contributed by atoms with Gasteiger partial charge in [-0.1, -0.05) is 0 Å². The van der Waals surface area contributed by atoms with Gasteiger partial charge in [0.05, 0.1) is 18.4 Å². The van der Waals surface area contributed by atoms with E-state index in [1.54, 1.807) is 11.3 Å². The lowest BCUT2D eigenvalue weighted by Crippen LogP contribution is -1.91. The molecule has 3 nitrogen and oxygen atoms in total. The van der Waals surface area contributed by atoms with Gasteiger partial charge in [-0.3, -0.25) is 0 Å². The third-order valence-electron chi connectivity index (χ3n) is 1.72. The third-order valence-corrected chi connectivity index (χ3v) is 2.73. The van der Waals surface area contributed by atoms with E-state index >= 15 is 0 Å². The summed E-state index contributed by atoms with van der Waals surface area (Å²) < 4.78 is 5.11. The van der Waals surface area contributed by atoms with Gasteiger partial charge in [0.15, 0.2) is 5.13 Å². The summed E-state index contributed by atoms with van der Waals surface area (Å²) >= 11 is 1.57. The van der Waals surface area contributed by atoms with Crippen molar-refractivity contribution in [3.05, 3.63) is 10.6 Å². The van der Waals surface area contributed by atoms with E-state index < -0.39 is 0 Å². The van der Waals surface area contributed by atoms with Gasteiger partial charge in [-0.15, -0.1) is 11.3 Å². The van der Waals surface area contributed by atoms with Crippen molar-refractivity contribution in [2.24, 2.45) is 0 Å². The molecule has 1 aromatic rings.